The van der Waals surface area contributed by atoms with Gasteiger partial charge in [0.05, 0.1) is 5.56 Å². The Kier molecular flexibility index (Phi) is 4.08. The van der Waals surface area contributed by atoms with Gasteiger partial charge >= 0.3 is 18.2 Å². The number of carboxylic acids is 1. The number of hydrogen-bond donors (Lipinski definition) is 2. The first-order chi connectivity index (χ1) is 8.28. The molecule has 0 bridgehead atoms. The summed E-state index contributed by atoms with van der Waals surface area (Å²) in [6, 6.07) is 2.14. The van der Waals surface area contributed by atoms with Crippen molar-refractivity contribution < 1.29 is 32.6 Å². The number of amides is 1. The molecule has 9 heteroatoms. The van der Waals surface area contributed by atoms with Crippen molar-refractivity contribution in [2.24, 2.45) is 0 Å². The number of anilines is 1. The quantitative estimate of drug-likeness (QED) is 0.870. The molecule has 2 N–H and O–H groups in total. The number of rotatable bonds is 3. The molecule has 0 aliphatic rings. The lowest BCUT2D eigenvalue weighted by Gasteiger charge is -2.08. The summed E-state index contributed by atoms with van der Waals surface area (Å²) >= 11 is 0. The predicted octanol–water partition coefficient (Wildman–Crippen LogP) is 1.89. The third-order valence-electron chi connectivity index (χ3n) is 1.60. The second kappa shape index (κ2) is 5.34. The maximum absolute atomic E-state index is 11.7. The van der Waals surface area contributed by atoms with E-state index in [1.54, 1.807) is 0 Å². The zero-order valence-corrected chi connectivity index (χ0v) is 8.69. The Morgan fingerprint density at radius 2 is 2.11 bits per heavy atom. The van der Waals surface area contributed by atoms with E-state index in [1.165, 1.54) is 0 Å². The summed E-state index contributed by atoms with van der Waals surface area (Å²) < 4.78 is 39.0. The molecule has 1 rings (SSSR count). The second-order valence-electron chi connectivity index (χ2n) is 3.05. The number of carboxylic acid groups (broad SMARTS) is 1. The topological polar surface area (TPSA) is 88.5 Å². The first-order valence-corrected chi connectivity index (χ1v) is 4.48. The summed E-state index contributed by atoms with van der Waals surface area (Å²) in [5.74, 6) is -1.48. The Balaban J connectivity index is 2.59. The fraction of sp³-hybridized carbons (Fsp3) is 0.222. The van der Waals surface area contributed by atoms with Crippen LogP contribution in [-0.2, 0) is 4.74 Å². The van der Waals surface area contributed by atoms with Crippen LogP contribution in [0.5, 0.6) is 0 Å². The predicted molar refractivity (Wildman–Crippen MR) is 52.2 cm³/mol. The lowest BCUT2D eigenvalue weighted by atomic mass is 10.3. The first kappa shape index (κ1) is 13.7. The monoisotopic (exact) mass is 264 g/mol. The summed E-state index contributed by atoms with van der Waals surface area (Å²) in [5, 5.41) is 10.5. The maximum atomic E-state index is 11.7. The first-order valence-electron chi connectivity index (χ1n) is 4.48. The fourth-order valence-electron chi connectivity index (χ4n) is 0.920. The summed E-state index contributed by atoms with van der Waals surface area (Å²) in [7, 11) is 0. The average molecular weight is 264 g/mol. The smallest absolute Gasteiger partial charge is 0.422 e. The Morgan fingerprint density at radius 1 is 1.44 bits per heavy atom. The molecule has 1 heterocycles. The number of aromatic carboxylic acids is 1. The van der Waals surface area contributed by atoms with Crippen LogP contribution in [0.3, 0.4) is 0 Å². The van der Waals surface area contributed by atoms with Gasteiger partial charge in [0.15, 0.2) is 6.61 Å². The minimum absolute atomic E-state index is 0.170. The summed E-state index contributed by atoms with van der Waals surface area (Å²) in [4.78, 5) is 25.0. The van der Waals surface area contributed by atoms with Crippen LogP contribution < -0.4 is 5.32 Å². The number of carbonyl (C=O) groups is 2. The molecule has 0 aromatic carbocycles. The fourth-order valence-corrected chi connectivity index (χ4v) is 0.920. The van der Waals surface area contributed by atoms with E-state index in [-0.39, 0.29) is 11.4 Å². The van der Waals surface area contributed by atoms with Crippen molar-refractivity contribution in [1.82, 2.24) is 4.98 Å². The van der Waals surface area contributed by atoms with Crippen LogP contribution in [0, 0.1) is 0 Å². The molecule has 18 heavy (non-hydrogen) atoms. The molecule has 0 spiro atoms. The number of alkyl halides is 3. The molecule has 0 atom stereocenters. The molecule has 98 valence electrons. The molecule has 0 fully saturated rings. The van der Waals surface area contributed by atoms with Gasteiger partial charge in [-0.3, -0.25) is 5.32 Å². The van der Waals surface area contributed by atoms with Crippen LogP contribution in [0.15, 0.2) is 18.3 Å². The summed E-state index contributed by atoms with van der Waals surface area (Å²) in [5.41, 5.74) is -0.170. The standard InChI is InChI=1S/C9H7F3N2O4/c10-9(11,12)4-18-8(17)14-6-3-5(7(15)16)1-2-13-6/h1-3H,4H2,(H,15,16)(H,13,14,17). The minimum atomic E-state index is -4.63. The molecular formula is C9H7F3N2O4. The molecule has 0 radical (unpaired) electrons. The van der Waals surface area contributed by atoms with Gasteiger partial charge in [-0.2, -0.15) is 13.2 Å². The van der Waals surface area contributed by atoms with Crippen LogP contribution >= 0.6 is 0 Å². The van der Waals surface area contributed by atoms with Crippen molar-refractivity contribution in [2.45, 2.75) is 6.18 Å². The molecule has 0 saturated carbocycles. The number of hydrogen-bond acceptors (Lipinski definition) is 4. The molecule has 1 aromatic rings. The molecule has 1 aromatic heterocycles. The normalized spacial score (nSPS) is 10.8. The van der Waals surface area contributed by atoms with Crippen LogP contribution in [0.1, 0.15) is 10.4 Å². The van der Waals surface area contributed by atoms with Crippen molar-refractivity contribution in [2.75, 3.05) is 11.9 Å². The zero-order chi connectivity index (χ0) is 13.8. The van der Waals surface area contributed by atoms with Crippen molar-refractivity contribution in [3.05, 3.63) is 23.9 Å². The number of pyridine rings is 1. The van der Waals surface area contributed by atoms with Gasteiger partial charge in [-0.15, -0.1) is 0 Å². The third-order valence-corrected chi connectivity index (χ3v) is 1.60. The highest BCUT2D eigenvalue weighted by atomic mass is 19.4. The Morgan fingerprint density at radius 3 is 2.67 bits per heavy atom. The molecule has 0 saturated heterocycles. The van der Waals surface area contributed by atoms with Gasteiger partial charge in [-0.1, -0.05) is 0 Å². The minimum Gasteiger partial charge on any atom is -0.478 e. The van der Waals surface area contributed by atoms with E-state index in [1.807, 2.05) is 5.32 Å². The Labute approximate surface area is 98.4 Å². The molecule has 1 amide bonds. The highest BCUT2D eigenvalue weighted by Gasteiger charge is 2.29. The summed E-state index contributed by atoms with van der Waals surface area (Å²) in [6.45, 7) is -1.74. The number of halogens is 3. The van der Waals surface area contributed by atoms with E-state index in [0.29, 0.717) is 0 Å². The lowest BCUT2D eigenvalue weighted by molar-refractivity contribution is -0.159. The Bertz CT molecular complexity index is 461. The number of carbonyl (C=O) groups excluding carboxylic acids is 1. The van der Waals surface area contributed by atoms with E-state index in [9.17, 15) is 22.8 Å². The van der Waals surface area contributed by atoms with Crippen LogP contribution in [-0.4, -0.2) is 34.9 Å². The summed E-state index contributed by atoms with van der Waals surface area (Å²) in [6.07, 6.45) is -4.92. The number of nitrogens with one attached hydrogen (secondary N) is 1. The van der Waals surface area contributed by atoms with Crippen LogP contribution in [0.2, 0.25) is 0 Å². The highest BCUT2D eigenvalue weighted by molar-refractivity contribution is 5.90. The van der Waals surface area contributed by atoms with E-state index in [2.05, 4.69) is 9.72 Å². The van der Waals surface area contributed by atoms with Gasteiger partial charge in [0.2, 0.25) is 0 Å². The molecule has 0 unspecified atom stereocenters. The van der Waals surface area contributed by atoms with Crippen molar-refractivity contribution >= 4 is 17.9 Å². The van der Waals surface area contributed by atoms with Crippen molar-refractivity contribution in [3.63, 3.8) is 0 Å². The zero-order valence-electron chi connectivity index (χ0n) is 8.69. The van der Waals surface area contributed by atoms with Crippen LogP contribution in [0.4, 0.5) is 23.8 Å². The van der Waals surface area contributed by atoms with Gasteiger partial charge in [0, 0.05) is 6.20 Å². The number of ether oxygens (including phenoxy) is 1. The van der Waals surface area contributed by atoms with E-state index in [4.69, 9.17) is 5.11 Å². The van der Waals surface area contributed by atoms with Gasteiger partial charge in [-0.25, -0.2) is 14.6 Å². The van der Waals surface area contributed by atoms with Gasteiger partial charge in [-0.05, 0) is 12.1 Å². The van der Waals surface area contributed by atoms with E-state index < -0.39 is 24.8 Å². The van der Waals surface area contributed by atoms with E-state index >= 15 is 0 Å². The van der Waals surface area contributed by atoms with Gasteiger partial charge in [0.1, 0.15) is 5.82 Å². The molecular weight excluding hydrogens is 257 g/mol. The molecule has 6 nitrogen and oxygen atoms in total. The SMILES string of the molecule is O=C(Nc1cc(C(=O)O)ccn1)OCC(F)(F)F. The van der Waals surface area contributed by atoms with E-state index in [0.717, 1.165) is 18.3 Å². The van der Waals surface area contributed by atoms with Crippen LogP contribution in [0.25, 0.3) is 0 Å². The third kappa shape index (κ3) is 4.68. The number of aromatic nitrogens is 1. The Hall–Kier alpha value is -2.32. The second-order valence-corrected chi connectivity index (χ2v) is 3.05. The average Bonchev–Trinajstić information content (AvgIpc) is 2.26. The van der Waals surface area contributed by atoms with Crippen molar-refractivity contribution in [1.29, 1.82) is 0 Å². The van der Waals surface area contributed by atoms with Crippen molar-refractivity contribution in [3.8, 4) is 0 Å². The van der Waals surface area contributed by atoms with Gasteiger partial charge < -0.3 is 9.84 Å². The molecule has 0 aliphatic heterocycles. The molecule has 0 aliphatic carbocycles. The highest BCUT2D eigenvalue weighted by Crippen LogP contribution is 2.15. The van der Waals surface area contributed by atoms with Gasteiger partial charge in [0.25, 0.3) is 0 Å². The maximum Gasteiger partial charge on any atom is 0.422 e. The lowest BCUT2D eigenvalue weighted by Crippen LogP contribution is -2.23. The number of nitrogens with zero attached hydrogens (tertiary/aromatic N) is 1. The largest absolute Gasteiger partial charge is 0.478 e.